The van der Waals surface area contributed by atoms with Crippen molar-refractivity contribution < 1.29 is 19.1 Å². The molecule has 0 saturated carbocycles. The van der Waals surface area contributed by atoms with E-state index in [1.807, 2.05) is 30.3 Å². The second-order valence-electron chi connectivity index (χ2n) is 4.74. The molecule has 1 rings (SSSR count). The number of esters is 2. The Kier molecular flexibility index (Phi) is 6.66. The van der Waals surface area contributed by atoms with E-state index in [4.69, 9.17) is 9.47 Å². The van der Waals surface area contributed by atoms with Crippen LogP contribution in [0.2, 0.25) is 0 Å². The van der Waals surface area contributed by atoms with E-state index in [1.54, 1.807) is 26.0 Å². The lowest BCUT2D eigenvalue weighted by Gasteiger charge is -2.21. The van der Waals surface area contributed by atoms with Gasteiger partial charge in [-0.3, -0.25) is 9.59 Å². The minimum atomic E-state index is -1.40. The standard InChI is InChI=1S/C17H22O4/c1-4-20-15(18)17(3,16(19)21-5-2)13-9-12-14-10-7-6-8-11-14/h6-11,13H,4-5,12H2,1-3H3. The molecule has 0 atom stereocenters. The second-order valence-corrected chi connectivity index (χ2v) is 4.74. The van der Waals surface area contributed by atoms with Crippen LogP contribution in [-0.4, -0.2) is 25.2 Å². The molecule has 0 aliphatic carbocycles. The Morgan fingerprint density at radius 3 is 2.05 bits per heavy atom. The van der Waals surface area contributed by atoms with Gasteiger partial charge in [0.25, 0.3) is 0 Å². The number of carbonyl (C=O) groups is 2. The summed E-state index contributed by atoms with van der Waals surface area (Å²) in [6.45, 7) is 5.37. The molecule has 1 aromatic rings. The lowest BCUT2D eigenvalue weighted by Crippen LogP contribution is -2.37. The van der Waals surface area contributed by atoms with E-state index < -0.39 is 17.4 Å². The van der Waals surface area contributed by atoms with Crippen LogP contribution >= 0.6 is 0 Å². The third-order valence-electron chi connectivity index (χ3n) is 3.05. The van der Waals surface area contributed by atoms with Gasteiger partial charge in [-0.1, -0.05) is 42.5 Å². The fourth-order valence-corrected chi connectivity index (χ4v) is 1.83. The number of rotatable bonds is 7. The van der Waals surface area contributed by atoms with Gasteiger partial charge >= 0.3 is 11.9 Å². The van der Waals surface area contributed by atoms with Crippen molar-refractivity contribution in [3.63, 3.8) is 0 Å². The van der Waals surface area contributed by atoms with Gasteiger partial charge in [0.05, 0.1) is 13.2 Å². The van der Waals surface area contributed by atoms with Gasteiger partial charge in [-0.2, -0.15) is 0 Å². The topological polar surface area (TPSA) is 52.6 Å². The maximum atomic E-state index is 12.0. The maximum Gasteiger partial charge on any atom is 0.327 e. The average Bonchev–Trinajstić information content (AvgIpc) is 2.48. The highest BCUT2D eigenvalue weighted by atomic mass is 16.6. The Hall–Kier alpha value is -2.10. The minimum absolute atomic E-state index is 0.223. The Bertz CT molecular complexity index is 473. The monoisotopic (exact) mass is 290 g/mol. The molecule has 0 saturated heterocycles. The van der Waals surface area contributed by atoms with Crippen molar-refractivity contribution in [3.05, 3.63) is 48.0 Å². The molecule has 1 aromatic carbocycles. The van der Waals surface area contributed by atoms with Crippen molar-refractivity contribution in [2.45, 2.75) is 27.2 Å². The van der Waals surface area contributed by atoms with Crippen molar-refractivity contribution in [3.8, 4) is 0 Å². The molecule has 0 fully saturated rings. The predicted molar refractivity (Wildman–Crippen MR) is 80.7 cm³/mol. The fraction of sp³-hybridized carbons (Fsp3) is 0.412. The van der Waals surface area contributed by atoms with Gasteiger partial charge in [0.1, 0.15) is 0 Å². The molecular formula is C17H22O4. The van der Waals surface area contributed by atoms with Crippen LogP contribution in [0.4, 0.5) is 0 Å². The Balaban J connectivity index is 2.86. The van der Waals surface area contributed by atoms with Crippen LogP contribution < -0.4 is 0 Å². The van der Waals surface area contributed by atoms with Gasteiger partial charge in [0.15, 0.2) is 5.41 Å². The molecule has 0 unspecified atom stereocenters. The maximum absolute atomic E-state index is 12.0. The van der Waals surface area contributed by atoms with E-state index in [-0.39, 0.29) is 13.2 Å². The number of ether oxygens (including phenoxy) is 2. The zero-order valence-electron chi connectivity index (χ0n) is 12.8. The zero-order chi connectivity index (χ0) is 15.7. The van der Waals surface area contributed by atoms with Crippen LogP contribution in [0.25, 0.3) is 0 Å². The van der Waals surface area contributed by atoms with Gasteiger partial charge in [-0.25, -0.2) is 0 Å². The van der Waals surface area contributed by atoms with Gasteiger partial charge in [0, 0.05) is 0 Å². The zero-order valence-corrected chi connectivity index (χ0v) is 12.8. The van der Waals surface area contributed by atoms with E-state index in [0.29, 0.717) is 6.42 Å². The second kappa shape index (κ2) is 8.25. The number of benzene rings is 1. The van der Waals surface area contributed by atoms with Crippen molar-refractivity contribution in [2.24, 2.45) is 5.41 Å². The molecule has 0 aliphatic rings. The molecular weight excluding hydrogens is 268 g/mol. The molecule has 0 radical (unpaired) electrons. The van der Waals surface area contributed by atoms with Crippen molar-refractivity contribution in [1.82, 2.24) is 0 Å². The molecule has 21 heavy (non-hydrogen) atoms. The van der Waals surface area contributed by atoms with E-state index in [2.05, 4.69) is 0 Å². The lowest BCUT2D eigenvalue weighted by atomic mass is 9.89. The Labute approximate surface area is 125 Å². The summed E-state index contributed by atoms with van der Waals surface area (Å²) in [6, 6.07) is 9.79. The molecule has 0 aliphatic heterocycles. The van der Waals surface area contributed by atoms with Crippen LogP contribution in [-0.2, 0) is 25.5 Å². The number of allylic oxidation sites excluding steroid dienone is 1. The molecule has 4 nitrogen and oxygen atoms in total. The Morgan fingerprint density at radius 2 is 1.57 bits per heavy atom. The number of carbonyl (C=O) groups excluding carboxylic acids is 2. The molecule has 0 aromatic heterocycles. The summed E-state index contributed by atoms with van der Waals surface area (Å²) in [6.07, 6.45) is 3.99. The van der Waals surface area contributed by atoms with Gasteiger partial charge < -0.3 is 9.47 Å². The highest BCUT2D eigenvalue weighted by Crippen LogP contribution is 2.23. The number of hydrogen-bond donors (Lipinski definition) is 0. The summed E-state index contributed by atoms with van der Waals surface area (Å²) in [5.41, 5.74) is -0.301. The first-order valence-corrected chi connectivity index (χ1v) is 7.10. The summed E-state index contributed by atoms with van der Waals surface area (Å²) in [5.74, 6) is -1.18. The van der Waals surface area contributed by atoms with Crippen LogP contribution in [0.5, 0.6) is 0 Å². The quantitative estimate of drug-likeness (QED) is 0.440. The largest absolute Gasteiger partial charge is 0.465 e. The highest BCUT2D eigenvalue weighted by molar-refractivity contribution is 6.01. The predicted octanol–water partition coefficient (Wildman–Crippen LogP) is 2.92. The van der Waals surface area contributed by atoms with Crippen molar-refractivity contribution in [1.29, 1.82) is 0 Å². The van der Waals surface area contributed by atoms with E-state index in [1.165, 1.54) is 6.92 Å². The number of hydrogen-bond acceptors (Lipinski definition) is 4. The first-order valence-electron chi connectivity index (χ1n) is 7.10. The molecule has 0 N–H and O–H groups in total. The third-order valence-corrected chi connectivity index (χ3v) is 3.05. The van der Waals surface area contributed by atoms with Crippen LogP contribution in [0.15, 0.2) is 42.5 Å². The smallest absolute Gasteiger partial charge is 0.327 e. The molecule has 0 bridgehead atoms. The normalized spacial score (nSPS) is 11.4. The van der Waals surface area contributed by atoms with E-state index in [9.17, 15) is 9.59 Å². The van der Waals surface area contributed by atoms with Gasteiger partial charge in [-0.05, 0) is 32.8 Å². The van der Waals surface area contributed by atoms with Gasteiger partial charge in [0.2, 0.25) is 0 Å². The van der Waals surface area contributed by atoms with Crippen LogP contribution in [0.3, 0.4) is 0 Å². The summed E-state index contributed by atoms with van der Waals surface area (Å²) in [5, 5.41) is 0. The van der Waals surface area contributed by atoms with Crippen LogP contribution in [0.1, 0.15) is 26.3 Å². The SMILES string of the molecule is CCOC(=O)C(C)(C=CCc1ccccc1)C(=O)OCC. The highest BCUT2D eigenvalue weighted by Gasteiger charge is 2.41. The summed E-state index contributed by atoms with van der Waals surface area (Å²) >= 11 is 0. The first kappa shape index (κ1) is 17.0. The van der Waals surface area contributed by atoms with Gasteiger partial charge in [-0.15, -0.1) is 0 Å². The third kappa shape index (κ3) is 4.74. The van der Waals surface area contributed by atoms with Crippen molar-refractivity contribution in [2.75, 3.05) is 13.2 Å². The molecule has 0 spiro atoms. The van der Waals surface area contributed by atoms with E-state index >= 15 is 0 Å². The minimum Gasteiger partial charge on any atom is -0.465 e. The van der Waals surface area contributed by atoms with Crippen molar-refractivity contribution >= 4 is 11.9 Å². The average molecular weight is 290 g/mol. The van der Waals surface area contributed by atoms with E-state index in [0.717, 1.165) is 5.56 Å². The molecule has 0 amide bonds. The Morgan fingerprint density at radius 1 is 1.05 bits per heavy atom. The molecule has 0 heterocycles. The summed E-state index contributed by atoms with van der Waals surface area (Å²) in [4.78, 5) is 24.1. The lowest BCUT2D eigenvalue weighted by molar-refractivity contribution is -0.166. The molecule has 114 valence electrons. The van der Waals surface area contributed by atoms with Crippen LogP contribution in [0, 0.1) is 5.41 Å². The molecule has 4 heteroatoms. The first-order chi connectivity index (χ1) is 10.0. The fourth-order valence-electron chi connectivity index (χ4n) is 1.83. The summed E-state index contributed by atoms with van der Waals surface area (Å²) < 4.78 is 9.97. The summed E-state index contributed by atoms with van der Waals surface area (Å²) in [7, 11) is 0.